The smallest absolute Gasteiger partial charge is 0.145 e. The lowest BCUT2D eigenvalue weighted by molar-refractivity contribution is -0.199. The lowest BCUT2D eigenvalue weighted by atomic mass is 10.0. The molecular weight excluding hydrogens is 192 g/mol. The van der Waals surface area contributed by atoms with E-state index in [-0.39, 0.29) is 19.8 Å². The summed E-state index contributed by atoms with van der Waals surface area (Å²) >= 11 is 0. The summed E-state index contributed by atoms with van der Waals surface area (Å²) in [6.07, 6.45) is -3.61. The SMILES string of the molecule is O=CCOC[C@H]1OC[C@H](O)[C@@H](O)[C@@H]1O. The lowest BCUT2D eigenvalue weighted by Crippen LogP contribution is -2.54. The largest absolute Gasteiger partial charge is 0.388 e. The van der Waals surface area contributed by atoms with Gasteiger partial charge in [-0.15, -0.1) is 0 Å². The molecule has 1 heterocycles. The highest BCUT2D eigenvalue weighted by Crippen LogP contribution is 2.15. The Kier molecular flexibility index (Phi) is 4.43. The van der Waals surface area contributed by atoms with Crippen molar-refractivity contribution in [1.29, 1.82) is 0 Å². The van der Waals surface area contributed by atoms with Crippen LogP contribution in [0.3, 0.4) is 0 Å². The number of aliphatic hydroxyl groups excluding tert-OH is 3. The van der Waals surface area contributed by atoms with Gasteiger partial charge in [-0.1, -0.05) is 0 Å². The summed E-state index contributed by atoms with van der Waals surface area (Å²) in [4.78, 5) is 9.93. The topological polar surface area (TPSA) is 96.2 Å². The molecule has 0 aromatic rings. The fraction of sp³-hybridized carbons (Fsp3) is 0.875. The minimum absolute atomic E-state index is 0.0175. The van der Waals surface area contributed by atoms with Gasteiger partial charge in [-0.05, 0) is 0 Å². The van der Waals surface area contributed by atoms with E-state index in [9.17, 15) is 15.0 Å². The highest BCUT2D eigenvalue weighted by molar-refractivity contribution is 5.50. The maximum Gasteiger partial charge on any atom is 0.145 e. The van der Waals surface area contributed by atoms with Gasteiger partial charge in [0.1, 0.15) is 37.3 Å². The summed E-state index contributed by atoms with van der Waals surface area (Å²) in [7, 11) is 0. The van der Waals surface area contributed by atoms with Gasteiger partial charge in [0.15, 0.2) is 0 Å². The van der Waals surface area contributed by atoms with Crippen LogP contribution in [0.2, 0.25) is 0 Å². The van der Waals surface area contributed by atoms with E-state index in [4.69, 9.17) is 14.6 Å². The number of ether oxygens (including phenoxy) is 2. The molecule has 1 aliphatic rings. The Labute approximate surface area is 81.1 Å². The third-order valence-corrected chi connectivity index (χ3v) is 2.07. The third kappa shape index (κ3) is 2.73. The van der Waals surface area contributed by atoms with Gasteiger partial charge >= 0.3 is 0 Å². The quantitative estimate of drug-likeness (QED) is 0.353. The Bertz CT molecular complexity index is 185. The molecule has 6 heteroatoms. The van der Waals surface area contributed by atoms with Crippen molar-refractivity contribution >= 4 is 6.29 Å². The zero-order chi connectivity index (χ0) is 10.6. The highest BCUT2D eigenvalue weighted by atomic mass is 16.6. The van der Waals surface area contributed by atoms with Crippen LogP contribution in [0.1, 0.15) is 0 Å². The Morgan fingerprint density at radius 3 is 2.71 bits per heavy atom. The molecule has 0 aromatic carbocycles. The van der Waals surface area contributed by atoms with Crippen molar-refractivity contribution in [2.45, 2.75) is 24.4 Å². The molecule has 14 heavy (non-hydrogen) atoms. The molecule has 1 rings (SSSR count). The van der Waals surface area contributed by atoms with Crippen molar-refractivity contribution in [2.24, 2.45) is 0 Å². The highest BCUT2D eigenvalue weighted by Gasteiger charge is 2.37. The summed E-state index contributed by atoms with van der Waals surface area (Å²) in [6, 6.07) is 0. The zero-order valence-electron chi connectivity index (χ0n) is 7.57. The standard InChI is InChI=1S/C8H14O6/c9-1-2-13-4-6-8(12)7(11)5(10)3-14-6/h1,5-8,10-12H,2-4H2/t5-,6+,7+,8+/m0/s1. The van der Waals surface area contributed by atoms with Gasteiger partial charge in [-0.3, -0.25) is 0 Å². The van der Waals surface area contributed by atoms with Crippen LogP contribution in [0.25, 0.3) is 0 Å². The number of hydrogen-bond donors (Lipinski definition) is 3. The van der Waals surface area contributed by atoms with E-state index < -0.39 is 24.4 Å². The molecule has 1 fully saturated rings. The molecule has 0 bridgehead atoms. The van der Waals surface area contributed by atoms with E-state index in [1.165, 1.54) is 0 Å². The third-order valence-electron chi connectivity index (χ3n) is 2.07. The Morgan fingerprint density at radius 2 is 2.07 bits per heavy atom. The minimum Gasteiger partial charge on any atom is -0.388 e. The van der Waals surface area contributed by atoms with E-state index in [2.05, 4.69) is 0 Å². The summed E-state index contributed by atoms with van der Waals surface area (Å²) in [5, 5.41) is 27.8. The van der Waals surface area contributed by atoms with Crippen LogP contribution in [0.4, 0.5) is 0 Å². The van der Waals surface area contributed by atoms with E-state index in [1.807, 2.05) is 0 Å². The molecule has 1 aliphatic heterocycles. The van der Waals surface area contributed by atoms with Gasteiger partial charge < -0.3 is 29.6 Å². The van der Waals surface area contributed by atoms with Crippen LogP contribution in [-0.4, -0.2) is 65.8 Å². The van der Waals surface area contributed by atoms with Gasteiger partial charge in [-0.2, -0.15) is 0 Å². The average molecular weight is 206 g/mol. The molecule has 0 spiro atoms. The van der Waals surface area contributed by atoms with Crippen molar-refractivity contribution in [3.63, 3.8) is 0 Å². The molecular formula is C8H14O6. The molecule has 0 saturated carbocycles. The Balaban J connectivity index is 2.34. The first-order valence-electron chi connectivity index (χ1n) is 4.34. The van der Waals surface area contributed by atoms with Crippen LogP contribution < -0.4 is 0 Å². The number of carbonyl (C=O) groups excluding carboxylic acids is 1. The predicted octanol–water partition coefficient (Wildman–Crippen LogP) is -2.32. The van der Waals surface area contributed by atoms with E-state index in [0.717, 1.165) is 0 Å². The van der Waals surface area contributed by atoms with Crippen molar-refractivity contribution in [1.82, 2.24) is 0 Å². The molecule has 4 atom stereocenters. The maximum absolute atomic E-state index is 9.93. The second-order valence-electron chi connectivity index (χ2n) is 3.12. The lowest BCUT2D eigenvalue weighted by Gasteiger charge is -2.34. The Hall–Kier alpha value is -0.530. The number of hydrogen-bond acceptors (Lipinski definition) is 6. The van der Waals surface area contributed by atoms with E-state index in [1.54, 1.807) is 0 Å². The maximum atomic E-state index is 9.93. The molecule has 3 N–H and O–H groups in total. The molecule has 0 amide bonds. The second-order valence-corrected chi connectivity index (χ2v) is 3.12. The molecule has 0 aliphatic carbocycles. The van der Waals surface area contributed by atoms with Gasteiger partial charge in [0.05, 0.1) is 13.2 Å². The van der Waals surface area contributed by atoms with Crippen molar-refractivity contribution < 1.29 is 29.6 Å². The minimum atomic E-state index is -1.23. The molecule has 1 saturated heterocycles. The fourth-order valence-electron chi connectivity index (χ4n) is 1.25. The van der Waals surface area contributed by atoms with Crippen LogP contribution in [-0.2, 0) is 14.3 Å². The van der Waals surface area contributed by atoms with Crippen molar-refractivity contribution in [2.75, 3.05) is 19.8 Å². The number of carbonyl (C=O) groups is 1. The van der Waals surface area contributed by atoms with Gasteiger partial charge in [0.2, 0.25) is 0 Å². The molecule has 6 nitrogen and oxygen atoms in total. The number of aldehydes is 1. The summed E-state index contributed by atoms with van der Waals surface area (Å²) in [6.45, 7) is -0.109. The van der Waals surface area contributed by atoms with Crippen LogP contribution in [0, 0.1) is 0 Å². The number of rotatable bonds is 4. The fourth-order valence-corrected chi connectivity index (χ4v) is 1.25. The van der Waals surface area contributed by atoms with Crippen LogP contribution in [0.15, 0.2) is 0 Å². The van der Waals surface area contributed by atoms with Crippen LogP contribution >= 0.6 is 0 Å². The normalized spacial score (nSPS) is 38.2. The van der Waals surface area contributed by atoms with Crippen molar-refractivity contribution in [3.05, 3.63) is 0 Å². The zero-order valence-corrected chi connectivity index (χ0v) is 7.57. The summed E-state index contributed by atoms with van der Waals surface area (Å²) in [5.41, 5.74) is 0. The Morgan fingerprint density at radius 1 is 1.36 bits per heavy atom. The first-order valence-corrected chi connectivity index (χ1v) is 4.34. The first kappa shape index (κ1) is 11.5. The molecule has 0 radical (unpaired) electrons. The summed E-state index contributed by atoms with van der Waals surface area (Å²) in [5.74, 6) is 0. The van der Waals surface area contributed by atoms with E-state index in [0.29, 0.717) is 6.29 Å². The first-order chi connectivity index (χ1) is 6.66. The monoisotopic (exact) mass is 206 g/mol. The average Bonchev–Trinajstić information content (AvgIpc) is 2.18. The van der Waals surface area contributed by atoms with E-state index >= 15 is 0 Å². The van der Waals surface area contributed by atoms with Crippen LogP contribution in [0.5, 0.6) is 0 Å². The van der Waals surface area contributed by atoms with Gasteiger partial charge in [-0.25, -0.2) is 0 Å². The number of aliphatic hydroxyl groups is 3. The van der Waals surface area contributed by atoms with Crippen molar-refractivity contribution in [3.8, 4) is 0 Å². The molecule has 0 aromatic heterocycles. The summed E-state index contributed by atoms with van der Waals surface area (Å²) < 4.78 is 9.85. The van der Waals surface area contributed by atoms with Gasteiger partial charge in [0.25, 0.3) is 0 Å². The van der Waals surface area contributed by atoms with Gasteiger partial charge in [0, 0.05) is 0 Å². The molecule has 0 unspecified atom stereocenters. The molecule has 82 valence electrons. The predicted molar refractivity (Wildman–Crippen MR) is 44.6 cm³/mol. The second kappa shape index (κ2) is 5.38.